The van der Waals surface area contributed by atoms with E-state index in [4.69, 9.17) is 23.2 Å². The van der Waals surface area contributed by atoms with Crippen molar-refractivity contribution in [2.75, 3.05) is 20.1 Å². The largest absolute Gasteiger partial charge is 0.633 e. The van der Waals surface area contributed by atoms with E-state index < -0.39 is 10.3 Å². The molecule has 16 heavy (non-hydrogen) atoms. The molecule has 0 aliphatic carbocycles. The van der Waals surface area contributed by atoms with Gasteiger partial charge in [0.25, 0.3) is 0 Å². The van der Waals surface area contributed by atoms with Gasteiger partial charge >= 0.3 is 0 Å². The molecule has 2 rings (SSSR count). The summed E-state index contributed by atoms with van der Waals surface area (Å²) in [5.74, 6) is 0. The van der Waals surface area contributed by atoms with E-state index in [1.807, 2.05) is 0 Å². The summed E-state index contributed by atoms with van der Waals surface area (Å²) in [6, 6.07) is 4.86. The average Bonchev–Trinajstić information content (AvgIpc) is 2.46. The Bertz CT molecular complexity index is 424. The number of nitrogens with zero attached hydrogens (tertiary/aromatic N) is 1. The number of quaternary nitrogens is 1. The number of alkyl halides is 1. The molecule has 0 N–H and O–H groups in total. The SMILES string of the molecule is C[N+]1([O-])CCC(F)(c2cccc(Cl)c2Cl)C1. The van der Waals surface area contributed by atoms with Crippen molar-refractivity contribution in [3.05, 3.63) is 39.0 Å². The van der Waals surface area contributed by atoms with Crippen molar-refractivity contribution >= 4 is 23.2 Å². The number of likely N-dealkylation sites (N-methyl/N-ethyl adjacent to an activating group) is 1. The Hall–Kier alpha value is -0.350. The van der Waals surface area contributed by atoms with Crippen LogP contribution in [0.3, 0.4) is 0 Å². The van der Waals surface area contributed by atoms with Gasteiger partial charge in [0, 0.05) is 12.0 Å². The Morgan fingerprint density at radius 1 is 1.44 bits per heavy atom. The highest BCUT2D eigenvalue weighted by Gasteiger charge is 2.46. The highest BCUT2D eigenvalue weighted by molar-refractivity contribution is 6.42. The van der Waals surface area contributed by atoms with E-state index in [1.54, 1.807) is 18.2 Å². The lowest BCUT2D eigenvalue weighted by Gasteiger charge is -2.34. The first kappa shape index (κ1) is 12.1. The average molecular weight is 264 g/mol. The maximum atomic E-state index is 14.6. The Morgan fingerprint density at radius 2 is 2.12 bits per heavy atom. The van der Waals surface area contributed by atoms with Crippen molar-refractivity contribution in [3.63, 3.8) is 0 Å². The lowest BCUT2D eigenvalue weighted by molar-refractivity contribution is -0.850. The number of hydrogen-bond acceptors (Lipinski definition) is 1. The van der Waals surface area contributed by atoms with Crippen LogP contribution in [0.15, 0.2) is 18.2 Å². The summed E-state index contributed by atoms with van der Waals surface area (Å²) in [5.41, 5.74) is -1.32. The van der Waals surface area contributed by atoms with Gasteiger partial charge in [-0.3, -0.25) is 0 Å². The summed E-state index contributed by atoms with van der Waals surface area (Å²) in [5, 5.41) is 12.2. The normalized spacial score (nSPS) is 34.3. The van der Waals surface area contributed by atoms with Gasteiger partial charge in [-0.15, -0.1) is 0 Å². The van der Waals surface area contributed by atoms with Crippen molar-refractivity contribution in [1.82, 2.24) is 0 Å². The smallest absolute Gasteiger partial charge is 0.191 e. The maximum Gasteiger partial charge on any atom is 0.191 e. The van der Waals surface area contributed by atoms with E-state index >= 15 is 0 Å². The molecule has 1 aromatic rings. The quantitative estimate of drug-likeness (QED) is 0.562. The molecule has 5 heteroatoms. The van der Waals surface area contributed by atoms with Crippen LogP contribution < -0.4 is 0 Å². The molecule has 2 unspecified atom stereocenters. The molecule has 0 radical (unpaired) electrons. The van der Waals surface area contributed by atoms with Gasteiger partial charge in [0.1, 0.15) is 6.54 Å². The number of hydrogen-bond donors (Lipinski definition) is 0. The zero-order valence-electron chi connectivity index (χ0n) is 8.84. The molecule has 0 saturated carbocycles. The van der Waals surface area contributed by atoms with Gasteiger partial charge in [0.05, 0.1) is 23.6 Å². The molecule has 1 aromatic carbocycles. The van der Waals surface area contributed by atoms with Crippen LogP contribution in [0, 0.1) is 5.21 Å². The van der Waals surface area contributed by atoms with Crippen molar-refractivity contribution in [3.8, 4) is 0 Å². The van der Waals surface area contributed by atoms with E-state index in [0.29, 0.717) is 10.6 Å². The fraction of sp³-hybridized carbons (Fsp3) is 0.455. The van der Waals surface area contributed by atoms with Gasteiger partial charge in [-0.1, -0.05) is 35.3 Å². The van der Waals surface area contributed by atoms with E-state index in [-0.39, 0.29) is 24.5 Å². The molecule has 1 saturated heterocycles. The van der Waals surface area contributed by atoms with Gasteiger partial charge in [-0.25, -0.2) is 4.39 Å². The predicted octanol–water partition coefficient (Wildman–Crippen LogP) is 3.51. The molecule has 0 bridgehead atoms. The number of likely N-dealkylation sites (tertiary alicyclic amines) is 1. The number of hydroxylamine groups is 3. The summed E-state index contributed by atoms with van der Waals surface area (Å²) in [6.45, 7) is 0.159. The fourth-order valence-electron chi connectivity index (χ4n) is 2.17. The van der Waals surface area contributed by atoms with Gasteiger partial charge < -0.3 is 9.85 Å². The second-order valence-electron chi connectivity index (χ2n) is 4.50. The van der Waals surface area contributed by atoms with Gasteiger partial charge in [0.2, 0.25) is 0 Å². The molecule has 1 aliphatic rings. The van der Waals surface area contributed by atoms with Crippen molar-refractivity contribution in [2.45, 2.75) is 12.1 Å². The first-order valence-electron chi connectivity index (χ1n) is 5.03. The van der Waals surface area contributed by atoms with E-state index in [2.05, 4.69) is 0 Å². The second-order valence-corrected chi connectivity index (χ2v) is 5.28. The fourth-order valence-corrected chi connectivity index (χ4v) is 2.64. The Labute approximate surface area is 104 Å². The number of rotatable bonds is 1. The summed E-state index contributed by atoms with van der Waals surface area (Å²) in [4.78, 5) is 0. The van der Waals surface area contributed by atoms with Gasteiger partial charge in [-0.2, -0.15) is 0 Å². The molecule has 0 spiro atoms. The predicted molar refractivity (Wildman–Crippen MR) is 63.2 cm³/mol. The van der Waals surface area contributed by atoms with Crippen molar-refractivity contribution < 1.29 is 9.04 Å². The Kier molecular flexibility index (Phi) is 2.91. The van der Waals surface area contributed by atoms with Gasteiger partial charge in [-0.05, 0) is 6.07 Å². The molecule has 0 aromatic heterocycles. The molecular formula is C11H12Cl2FNO. The molecule has 88 valence electrons. The second kappa shape index (κ2) is 3.84. The van der Waals surface area contributed by atoms with Crippen LogP contribution in [0.4, 0.5) is 4.39 Å². The molecular weight excluding hydrogens is 252 g/mol. The zero-order chi connectivity index (χ0) is 12.0. The molecule has 2 nitrogen and oxygen atoms in total. The molecule has 2 atom stereocenters. The topological polar surface area (TPSA) is 23.1 Å². The summed E-state index contributed by atoms with van der Waals surface area (Å²) < 4.78 is 14.1. The lowest BCUT2D eigenvalue weighted by Crippen LogP contribution is -2.37. The maximum absolute atomic E-state index is 14.6. The zero-order valence-corrected chi connectivity index (χ0v) is 10.4. The minimum atomic E-state index is -1.65. The first-order chi connectivity index (χ1) is 7.34. The summed E-state index contributed by atoms with van der Waals surface area (Å²) in [6.07, 6.45) is 0.188. The van der Waals surface area contributed by atoms with Crippen LogP contribution in [-0.2, 0) is 5.67 Å². The third-order valence-corrected chi connectivity index (χ3v) is 3.82. The first-order valence-corrected chi connectivity index (χ1v) is 5.79. The number of halogens is 3. The molecule has 0 amide bonds. The van der Waals surface area contributed by atoms with Crippen LogP contribution in [0.5, 0.6) is 0 Å². The van der Waals surface area contributed by atoms with Crippen LogP contribution in [0.2, 0.25) is 10.0 Å². The minimum absolute atomic E-state index is 0.104. The van der Waals surface area contributed by atoms with Gasteiger partial charge in [0.15, 0.2) is 5.67 Å². The number of benzene rings is 1. The summed E-state index contributed by atoms with van der Waals surface area (Å²) in [7, 11) is 1.47. The highest BCUT2D eigenvalue weighted by Crippen LogP contribution is 2.43. The third-order valence-electron chi connectivity index (χ3n) is 3.00. The molecule has 1 fully saturated rings. The van der Waals surface area contributed by atoms with Crippen molar-refractivity contribution in [2.24, 2.45) is 0 Å². The molecule has 1 heterocycles. The molecule has 1 aliphatic heterocycles. The Morgan fingerprint density at radius 3 is 2.69 bits per heavy atom. The standard InChI is InChI=1S/C11H12Cl2FNO/c1-15(16)6-5-11(14,7-15)8-3-2-4-9(12)10(8)13/h2-4H,5-7H2,1H3. The minimum Gasteiger partial charge on any atom is -0.633 e. The third kappa shape index (κ3) is 2.05. The van der Waals surface area contributed by atoms with E-state index in [1.165, 1.54) is 7.05 Å². The van der Waals surface area contributed by atoms with E-state index in [9.17, 15) is 9.60 Å². The highest BCUT2D eigenvalue weighted by atomic mass is 35.5. The van der Waals surface area contributed by atoms with Crippen LogP contribution in [-0.4, -0.2) is 24.8 Å². The lowest BCUT2D eigenvalue weighted by atomic mass is 9.95. The van der Waals surface area contributed by atoms with Crippen LogP contribution in [0.25, 0.3) is 0 Å². The van der Waals surface area contributed by atoms with Crippen LogP contribution >= 0.6 is 23.2 Å². The van der Waals surface area contributed by atoms with Crippen molar-refractivity contribution in [1.29, 1.82) is 0 Å². The van der Waals surface area contributed by atoms with Crippen LogP contribution in [0.1, 0.15) is 12.0 Å². The monoisotopic (exact) mass is 263 g/mol. The summed E-state index contributed by atoms with van der Waals surface area (Å²) >= 11 is 11.8. The Balaban J connectivity index is 2.42. The van der Waals surface area contributed by atoms with E-state index in [0.717, 1.165) is 0 Å².